The number of fused-ring (bicyclic) bond motifs is 27. The van der Waals surface area contributed by atoms with Gasteiger partial charge in [0.1, 0.15) is 18.5 Å². The van der Waals surface area contributed by atoms with E-state index >= 15 is 0 Å². The van der Waals surface area contributed by atoms with Crippen molar-refractivity contribution >= 4 is 57.7 Å². The highest BCUT2D eigenvalue weighted by Crippen LogP contribution is 2.60. The second kappa shape index (κ2) is 28.3. The van der Waals surface area contributed by atoms with Crippen molar-refractivity contribution in [1.82, 2.24) is 29.9 Å². The number of nitrogens with zero attached hydrogens (tertiary/aromatic N) is 12. The molecule has 0 saturated heterocycles. The third-order valence-corrected chi connectivity index (χ3v) is 24.1. The van der Waals surface area contributed by atoms with Crippen LogP contribution in [0.25, 0.3) is 134 Å². The van der Waals surface area contributed by atoms with Crippen molar-refractivity contribution in [2.24, 2.45) is 0 Å². The van der Waals surface area contributed by atoms with Crippen LogP contribution in [0.4, 0.5) is 57.7 Å². The lowest BCUT2D eigenvalue weighted by Gasteiger charge is -2.35. The minimum Gasteiger partial charge on any atom is -0.336 e. The Hall–Kier alpha value is -14.1. The number of anilines is 10. The summed E-state index contributed by atoms with van der Waals surface area (Å²) in [6, 6.07) is 104. The van der Waals surface area contributed by atoms with Gasteiger partial charge in [-0.3, -0.25) is 0 Å². The predicted octanol–water partition coefficient (Wildman–Crippen LogP) is 25.6. The molecule has 0 N–H and O–H groups in total. The van der Waals surface area contributed by atoms with Crippen LogP contribution < -0.4 is 29.4 Å². The number of benzene rings is 13. The Kier molecular flexibility index (Phi) is 17.2. The summed E-state index contributed by atoms with van der Waals surface area (Å²) in [4.78, 5) is 43.0. The molecule has 13 aromatic carbocycles. The van der Waals surface area contributed by atoms with E-state index in [2.05, 4.69) is 382 Å². The maximum Gasteiger partial charge on any atom is 0.178 e. The molecule has 3 aromatic heterocycles. The molecule has 12 nitrogen and oxygen atoms in total. The Labute approximate surface area is 672 Å². The first-order valence-corrected chi connectivity index (χ1v) is 39.9. The predicted molar refractivity (Wildman–Crippen MR) is 475 cm³/mol. The first-order valence-electron chi connectivity index (χ1n) is 39.9. The summed E-state index contributed by atoms with van der Waals surface area (Å²) in [7, 11) is 2.10. The van der Waals surface area contributed by atoms with Crippen molar-refractivity contribution in [2.45, 2.75) is 79.9 Å². The first-order chi connectivity index (χ1) is 56.4. The van der Waals surface area contributed by atoms with Crippen LogP contribution in [0.5, 0.6) is 0 Å². The number of rotatable bonds is 5. The number of para-hydroxylation sites is 1. The fraction of sp³-hybridized carbons (Fsp3) is 0.126. The van der Waals surface area contributed by atoms with Crippen molar-refractivity contribution in [3.63, 3.8) is 0 Å². The summed E-state index contributed by atoms with van der Waals surface area (Å²) in [6.45, 7) is 17.8. The zero-order valence-corrected chi connectivity index (χ0v) is 65.8. The van der Waals surface area contributed by atoms with Gasteiger partial charge in [0.15, 0.2) is 34.9 Å². The molecule has 556 valence electrons. The molecule has 0 unspecified atom stereocenters. The fourth-order valence-corrected chi connectivity index (χ4v) is 19.1. The molecule has 115 heavy (non-hydrogen) atoms. The maximum absolute atomic E-state index is 4.93. The van der Waals surface area contributed by atoms with Gasteiger partial charge < -0.3 is 29.4 Å². The molecule has 0 spiro atoms. The number of aromatic nitrogens is 6. The van der Waals surface area contributed by atoms with Gasteiger partial charge in [-0.15, -0.1) is 0 Å². The van der Waals surface area contributed by atoms with Crippen molar-refractivity contribution in [2.75, 3.05) is 36.4 Å². The Balaban J connectivity index is 0.000000112. The molecule has 0 saturated carbocycles. The molecular weight excluding hydrogens is 1410 g/mol. The highest BCUT2D eigenvalue weighted by atomic mass is 15.5. The van der Waals surface area contributed by atoms with Gasteiger partial charge in [-0.25, -0.2) is 29.9 Å². The Morgan fingerprint density at radius 2 is 0.452 bits per heavy atom. The van der Waals surface area contributed by atoms with Crippen LogP contribution in [-0.4, -0.2) is 61.5 Å². The van der Waals surface area contributed by atoms with Crippen LogP contribution >= 0.6 is 0 Å². The minimum absolute atomic E-state index is 0.0415. The van der Waals surface area contributed by atoms with Crippen LogP contribution in [-0.2, 0) is 0 Å². The molecule has 22 rings (SSSR count). The van der Waals surface area contributed by atoms with Crippen LogP contribution in [0.3, 0.4) is 0 Å². The summed E-state index contributed by atoms with van der Waals surface area (Å²) >= 11 is 0. The quantitative estimate of drug-likeness (QED) is 0.164. The second-order valence-corrected chi connectivity index (χ2v) is 30.8. The zero-order chi connectivity index (χ0) is 77.9. The number of hydrogen-bond donors (Lipinski definition) is 0. The van der Waals surface area contributed by atoms with E-state index in [1.165, 1.54) is 162 Å². The first kappa shape index (κ1) is 70.0. The van der Waals surface area contributed by atoms with Gasteiger partial charge in [0.05, 0.1) is 17.1 Å². The van der Waals surface area contributed by atoms with Gasteiger partial charge >= 0.3 is 0 Å². The smallest absolute Gasteiger partial charge is 0.178 e. The standard InChI is InChI=1S/C37H28N4.C34H30N4.C32H26N4/c1-24-20-21-33-31-18-9-8-16-29(31)27-14-6-7-15-28(27)30-17-10-11-19-32(30)34(33)35(24)41-25(2)40(26-12-4-3-5-13-26)36-37(41)39-23-22-38-36;1-21(2)37-23(4)38(34-33(37)35-19-20-36-34)32-22(3)17-18-30-28-15-8-7-13-26(28)24-11-5-6-12-25(24)27-14-9-10-16-29(27)31(30)32;1-20-16-17-28-26-14-7-6-12-24(26)22-10-4-5-11-23(22)25-13-8-9-15-27(25)29(28)30(20)36-21(2)35(3)31-32(36)34-19-18-33-31/h3-23,25H,1-2H3;5-21,23H,1-4H3;4-19,21H,1-3H3/t25-;23-;21-/m000/s1. The Bertz CT molecular complexity index is 6530. The van der Waals surface area contributed by atoms with Gasteiger partial charge in [0, 0.05) is 72.6 Å². The lowest BCUT2D eigenvalue weighted by molar-refractivity contribution is 0.601. The van der Waals surface area contributed by atoms with E-state index in [0.717, 1.165) is 46.3 Å². The molecule has 0 fully saturated rings. The maximum atomic E-state index is 4.93. The van der Waals surface area contributed by atoms with Crippen LogP contribution in [0, 0.1) is 20.8 Å². The molecular formula is C103H84N12. The molecule has 12 heteroatoms. The van der Waals surface area contributed by atoms with Crippen LogP contribution in [0.1, 0.15) is 51.3 Å². The molecule has 0 bridgehead atoms. The van der Waals surface area contributed by atoms with Gasteiger partial charge in [0.2, 0.25) is 0 Å². The van der Waals surface area contributed by atoms with Gasteiger partial charge in [-0.05, 0) is 201 Å². The van der Waals surface area contributed by atoms with E-state index in [-0.39, 0.29) is 24.5 Å². The third-order valence-electron chi connectivity index (χ3n) is 24.1. The molecule has 0 radical (unpaired) electrons. The molecule has 6 aliphatic rings. The summed E-state index contributed by atoms with van der Waals surface area (Å²) in [5.74, 6) is 5.40. The molecule has 16 aromatic rings. The summed E-state index contributed by atoms with van der Waals surface area (Å²) in [5.41, 5.74) is 38.1. The monoisotopic (exact) mass is 1490 g/mol. The minimum atomic E-state index is -0.0415. The van der Waals surface area contributed by atoms with E-state index in [0.29, 0.717) is 0 Å². The highest BCUT2D eigenvalue weighted by molar-refractivity contribution is 6.12. The molecule has 3 aliphatic heterocycles. The SMILES string of the molecule is Cc1ccc2c(c1N1c3nccnc3N(C(C)C)[C@@H]1C)-c1ccccc1-c1ccccc1-c1ccccc1-2.Cc1ccc2c(c1N1c3nccnc3N(C)[C@@H]1C)-c1ccccc1-c1ccccc1-c1ccccc1-2.Cc1ccc2c(c1N1c3nccnc3N(c3ccccc3)[C@@H]1C)-c1ccccc1-c1ccccc1-c1ccccc1-2. The largest absolute Gasteiger partial charge is 0.336 e. The number of aryl methyl sites for hydroxylation is 3. The fourth-order valence-electron chi connectivity index (χ4n) is 19.1. The van der Waals surface area contributed by atoms with Crippen molar-refractivity contribution in [3.05, 3.63) is 339 Å². The average Bonchev–Trinajstić information content (AvgIpc) is 1.69. The Morgan fingerprint density at radius 3 is 0.765 bits per heavy atom. The topological polar surface area (TPSA) is 96.8 Å². The van der Waals surface area contributed by atoms with Crippen molar-refractivity contribution < 1.29 is 0 Å². The Morgan fingerprint density at radius 1 is 0.226 bits per heavy atom. The van der Waals surface area contributed by atoms with Gasteiger partial charge in [-0.2, -0.15) is 0 Å². The van der Waals surface area contributed by atoms with Gasteiger partial charge in [-0.1, -0.05) is 273 Å². The van der Waals surface area contributed by atoms with Crippen molar-refractivity contribution in [1.29, 1.82) is 0 Å². The third kappa shape index (κ3) is 11.2. The molecule has 3 atom stereocenters. The molecule has 3 aliphatic carbocycles. The van der Waals surface area contributed by atoms with Gasteiger partial charge in [0.25, 0.3) is 0 Å². The van der Waals surface area contributed by atoms with Crippen LogP contribution in [0.2, 0.25) is 0 Å². The summed E-state index contributed by atoms with van der Waals surface area (Å²) < 4.78 is 0. The summed E-state index contributed by atoms with van der Waals surface area (Å²) in [5, 5.41) is 0. The molecule has 6 heterocycles. The lowest BCUT2D eigenvalue weighted by Crippen LogP contribution is -2.43. The van der Waals surface area contributed by atoms with E-state index in [4.69, 9.17) is 24.9 Å². The van der Waals surface area contributed by atoms with Crippen LogP contribution in [0.15, 0.2) is 322 Å². The van der Waals surface area contributed by atoms with E-state index in [1.807, 2.05) is 6.20 Å². The average molecular weight is 1490 g/mol. The highest BCUT2D eigenvalue weighted by Gasteiger charge is 2.44. The molecule has 0 amide bonds. The number of hydrogen-bond acceptors (Lipinski definition) is 12. The summed E-state index contributed by atoms with van der Waals surface area (Å²) in [6.07, 6.45) is 10.9. The van der Waals surface area contributed by atoms with E-state index in [1.54, 1.807) is 31.0 Å². The van der Waals surface area contributed by atoms with E-state index < -0.39 is 0 Å². The van der Waals surface area contributed by atoms with Crippen molar-refractivity contribution in [3.8, 4) is 134 Å². The van der Waals surface area contributed by atoms with E-state index in [9.17, 15) is 0 Å². The second-order valence-electron chi connectivity index (χ2n) is 30.8. The lowest BCUT2D eigenvalue weighted by atomic mass is 9.79. The zero-order valence-electron chi connectivity index (χ0n) is 65.8. The normalized spacial score (nSPS) is 15.1.